The molecule has 25 heavy (non-hydrogen) atoms. The van der Waals surface area contributed by atoms with E-state index < -0.39 is 0 Å². The summed E-state index contributed by atoms with van der Waals surface area (Å²) in [6, 6.07) is 11.6. The molecular formula is C20H20N2O3. The van der Waals surface area contributed by atoms with Gasteiger partial charge in [0.15, 0.2) is 6.61 Å². The van der Waals surface area contributed by atoms with Crippen LogP contribution in [-0.2, 0) is 28.9 Å². The van der Waals surface area contributed by atoms with Gasteiger partial charge in [0.1, 0.15) is 5.75 Å². The number of nitrogens with one attached hydrogen (secondary N) is 2. The predicted molar refractivity (Wildman–Crippen MR) is 96.0 cm³/mol. The number of hydrogen-bond donors (Lipinski definition) is 2. The number of anilines is 2. The van der Waals surface area contributed by atoms with E-state index in [2.05, 4.69) is 22.8 Å². The molecule has 0 aromatic heterocycles. The summed E-state index contributed by atoms with van der Waals surface area (Å²) in [7, 11) is 0. The van der Waals surface area contributed by atoms with Crippen molar-refractivity contribution in [3.8, 4) is 5.75 Å². The Labute approximate surface area is 146 Å². The standard InChI is InChI=1S/C20H20N2O3/c23-19-9-5-15-11-17(7-8-18(15)22-19)25-12-20(24)21-16-6-4-13-2-1-3-14(13)10-16/h4,6-8,10-11H,1-3,5,9,12H2,(H,21,24)(H,22,23). The van der Waals surface area contributed by atoms with E-state index in [1.54, 1.807) is 6.07 Å². The van der Waals surface area contributed by atoms with Gasteiger partial charge >= 0.3 is 0 Å². The summed E-state index contributed by atoms with van der Waals surface area (Å²) in [5.41, 5.74) is 5.40. The van der Waals surface area contributed by atoms with Gasteiger partial charge in [0, 0.05) is 17.8 Å². The average Bonchev–Trinajstić information content (AvgIpc) is 3.07. The molecule has 1 aliphatic carbocycles. The van der Waals surface area contributed by atoms with Crippen molar-refractivity contribution in [3.63, 3.8) is 0 Å². The van der Waals surface area contributed by atoms with Crippen LogP contribution in [0.25, 0.3) is 0 Å². The van der Waals surface area contributed by atoms with E-state index in [0.29, 0.717) is 18.6 Å². The Hall–Kier alpha value is -2.82. The Morgan fingerprint density at radius 3 is 2.80 bits per heavy atom. The predicted octanol–water partition coefficient (Wildman–Crippen LogP) is 3.08. The quantitative estimate of drug-likeness (QED) is 0.902. The topological polar surface area (TPSA) is 67.4 Å². The second kappa shape index (κ2) is 6.59. The molecule has 5 nitrogen and oxygen atoms in total. The largest absolute Gasteiger partial charge is 0.484 e. The zero-order valence-corrected chi connectivity index (χ0v) is 13.9. The Morgan fingerprint density at radius 2 is 1.88 bits per heavy atom. The third-order valence-corrected chi connectivity index (χ3v) is 4.72. The number of ether oxygens (including phenoxy) is 1. The summed E-state index contributed by atoms with van der Waals surface area (Å²) >= 11 is 0. The van der Waals surface area contributed by atoms with Crippen LogP contribution in [0.1, 0.15) is 29.5 Å². The van der Waals surface area contributed by atoms with Crippen LogP contribution in [0, 0.1) is 0 Å². The minimum Gasteiger partial charge on any atom is -0.484 e. The molecule has 2 N–H and O–H groups in total. The first-order valence-corrected chi connectivity index (χ1v) is 8.64. The van der Waals surface area contributed by atoms with Gasteiger partial charge in [0.25, 0.3) is 5.91 Å². The second-order valence-corrected chi connectivity index (χ2v) is 6.54. The van der Waals surface area contributed by atoms with Gasteiger partial charge in [-0.3, -0.25) is 9.59 Å². The molecule has 0 saturated carbocycles. The molecule has 128 valence electrons. The lowest BCUT2D eigenvalue weighted by Crippen LogP contribution is -2.21. The van der Waals surface area contributed by atoms with Crippen LogP contribution in [0.3, 0.4) is 0 Å². The molecule has 0 atom stereocenters. The number of hydrogen-bond acceptors (Lipinski definition) is 3. The van der Waals surface area contributed by atoms with Crippen LogP contribution in [0.4, 0.5) is 11.4 Å². The van der Waals surface area contributed by atoms with E-state index in [0.717, 1.165) is 29.8 Å². The Kier molecular flexibility index (Phi) is 4.14. The van der Waals surface area contributed by atoms with Crippen molar-refractivity contribution in [2.75, 3.05) is 17.2 Å². The van der Waals surface area contributed by atoms with Crippen LogP contribution in [0.2, 0.25) is 0 Å². The maximum atomic E-state index is 12.1. The van der Waals surface area contributed by atoms with Gasteiger partial charge in [-0.15, -0.1) is 0 Å². The van der Waals surface area contributed by atoms with Crippen molar-refractivity contribution in [2.24, 2.45) is 0 Å². The first-order chi connectivity index (χ1) is 12.2. The molecule has 2 aromatic carbocycles. The summed E-state index contributed by atoms with van der Waals surface area (Å²) in [6.45, 7) is -0.0395. The zero-order chi connectivity index (χ0) is 17.2. The second-order valence-electron chi connectivity index (χ2n) is 6.54. The lowest BCUT2D eigenvalue weighted by molar-refractivity contribution is -0.118. The smallest absolute Gasteiger partial charge is 0.262 e. The van der Waals surface area contributed by atoms with Crippen molar-refractivity contribution in [2.45, 2.75) is 32.1 Å². The minimum absolute atomic E-state index is 0.0369. The monoisotopic (exact) mass is 336 g/mol. The van der Waals surface area contributed by atoms with Crippen LogP contribution in [-0.4, -0.2) is 18.4 Å². The van der Waals surface area contributed by atoms with Crippen LogP contribution in [0.15, 0.2) is 36.4 Å². The molecule has 0 unspecified atom stereocenters. The summed E-state index contributed by atoms with van der Waals surface area (Å²) in [5.74, 6) is 0.498. The summed E-state index contributed by atoms with van der Waals surface area (Å²) < 4.78 is 5.60. The molecule has 0 radical (unpaired) electrons. The number of benzene rings is 2. The van der Waals surface area contributed by atoms with Gasteiger partial charge in [-0.25, -0.2) is 0 Å². The minimum atomic E-state index is -0.177. The maximum Gasteiger partial charge on any atom is 0.262 e. The molecule has 1 aliphatic heterocycles. The van der Waals surface area contributed by atoms with Crippen molar-refractivity contribution in [1.82, 2.24) is 0 Å². The fourth-order valence-electron chi connectivity index (χ4n) is 3.45. The third-order valence-electron chi connectivity index (χ3n) is 4.72. The van der Waals surface area contributed by atoms with E-state index in [4.69, 9.17) is 4.74 Å². The number of carbonyl (C=O) groups excluding carboxylic acids is 2. The van der Waals surface area contributed by atoms with Gasteiger partial charge in [-0.05, 0) is 72.7 Å². The summed E-state index contributed by atoms with van der Waals surface area (Å²) in [6.07, 6.45) is 4.58. The van der Waals surface area contributed by atoms with Crippen LogP contribution >= 0.6 is 0 Å². The van der Waals surface area contributed by atoms with Crippen molar-refractivity contribution >= 4 is 23.2 Å². The van der Waals surface area contributed by atoms with E-state index in [1.165, 1.54) is 17.5 Å². The van der Waals surface area contributed by atoms with Crippen molar-refractivity contribution in [1.29, 1.82) is 0 Å². The molecule has 0 saturated heterocycles. The molecular weight excluding hydrogens is 316 g/mol. The highest BCUT2D eigenvalue weighted by molar-refractivity contribution is 5.94. The number of aryl methyl sites for hydroxylation is 3. The summed E-state index contributed by atoms with van der Waals surface area (Å²) in [5, 5.41) is 5.72. The molecule has 0 fully saturated rings. The SMILES string of the molecule is O=C(COc1ccc2c(c1)CCC(=O)N2)Nc1ccc2c(c1)CCC2. The van der Waals surface area contributed by atoms with Crippen LogP contribution < -0.4 is 15.4 Å². The van der Waals surface area contributed by atoms with Crippen molar-refractivity contribution in [3.05, 3.63) is 53.1 Å². The normalized spacial score (nSPS) is 15.1. The highest BCUT2D eigenvalue weighted by Crippen LogP contribution is 2.27. The lowest BCUT2D eigenvalue weighted by Gasteiger charge is -2.17. The molecule has 5 heteroatoms. The number of rotatable bonds is 4. The van der Waals surface area contributed by atoms with Gasteiger partial charge in [0.2, 0.25) is 5.91 Å². The highest BCUT2D eigenvalue weighted by Gasteiger charge is 2.16. The molecule has 4 rings (SSSR count). The fourth-order valence-corrected chi connectivity index (χ4v) is 3.45. The molecule has 2 aromatic rings. The van der Waals surface area contributed by atoms with Gasteiger partial charge in [0.05, 0.1) is 0 Å². The molecule has 2 amide bonds. The molecule has 0 spiro atoms. The average molecular weight is 336 g/mol. The number of fused-ring (bicyclic) bond motifs is 2. The van der Waals surface area contributed by atoms with Gasteiger partial charge in [-0.2, -0.15) is 0 Å². The highest BCUT2D eigenvalue weighted by atomic mass is 16.5. The first kappa shape index (κ1) is 15.7. The Morgan fingerprint density at radius 1 is 1.00 bits per heavy atom. The summed E-state index contributed by atoms with van der Waals surface area (Å²) in [4.78, 5) is 23.5. The zero-order valence-electron chi connectivity index (χ0n) is 13.9. The van der Waals surface area contributed by atoms with E-state index in [-0.39, 0.29) is 18.4 Å². The van der Waals surface area contributed by atoms with Gasteiger partial charge in [-0.1, -0.05) is 6.07 Å². The van der Waals surface area contributed by atoms with Gasteiger partial charge < -0.3 is 15.4 Å². The number of amides is 2. The molecule has 1 heterocycles. The van der Waals surface area contributed by atoms with E-state index in [1.807, 2.05) is 18.2 Å². The maximum absolute atomic E-state index is 12.1. The van der Waals surface area contributed by atoms with Crippen LogP contribution in [0.5, 0.6) is 5.75 Å². The lowest BCUT2D eigenvalue weighted by atomic mass is 10.0. The Bertz CT molecular complexity index is 845. The first-order valence-electron chi connectivity index (χ1n) is 8.64. The van der Waals surface area contributed by atoms with E-state index in [9.17, 15) is 9.59 Å². The Balaban J connectivity index is 1.35. The van der Waals surface area contributed by atoms with E-state index >= 15 is 0 Å². The molecule has 2 aliphatic rings. The number of carbonyl (C=O) groups is 2. The third kappa shape index (κ3) is 3.50. The molecule has 0 bridgehead atoms. The fraction of sp³-hybridized carbons (Fsp3) is 0.300. The van der Waals surface area contributed by atoms with Crippen molar-refractivity contribution < 1.29 is 14.3 Å².